The minimum absolute atomic E-state index is 0.280. The lowest BCUT2D eigenvalue weighted by Gasteiger charge is -2.33. The number of methoxy groups -OCH3 is 1. The molecule has 1 N–H and O–H groups in total. The second-order valence-corrected chi connectivity index (χ2v) is 6.29. The lowest BCUT2D eigenvalue weighted by molar-refractivity contribution is -0.133. The third kappa shape index (κ3) is 4.47. The van der Waals surface area contributed by atoms with Gasteiger partial charge in [-0.05, 0) is 43.9 Å². The van der Waals surface area contributed by atoms with Crippen molar-refractivity contribution in [3.8, 4) is 5.75 Å². The van der Waals surface area contributed by atoms with Crippen molar-refractivity contribution in [2.45, 2.75) is 38.6 Å². The zero-order valence-corrected chi connectivity index (χ0v) is 14.0. The minimum Gasteiger partial charge on any atom is -0.496 e. The average molecular weight is 304 g/mol. The van der Waals surface area contributed by atoms with Crippen LogP contribution in [0, 0.1) is 5.92 Å². The summed E-state index contributed by atoms with van der Waals surface area (Å²) in [7, 11) is 3.67. The van der Waals surface area contributed by atoms with Gasteiger partial charge in [-0.1, -0.05) is 25.1 Å². The van der Waals surface area contributed by atoms with E-state index in [1.54, 1.807) is 7.11 Å². The third-order valence-electron chi connectivity index (χ3n) is 4.47. The Balaban J connectivity index is 1.88. The highest BCUT2D eigenvalue weighted by Crippen LogP contribution is 2.23. The van der Waals surface area contributed by atoms with Gasteiger partial charge in [0.1, 0.15) is 5.75 Å². The number of para-hydroxylation sites is 1. The second kappa shape index (κ2) is 8.18. The molecule has 1 aromatic carbocycles. The van der Waals surface area contributed by atoms with E-state index in [0.717, 1.165) is 38.1 Å². The molecule has 0 aliphatic carbocycles. The SMILES string of the molecule is CN[C@@H]1CCCN(C(=O)C[C@H](C)Cc2ccccc2OC)C1. The fourth-order valence-electron chi connectivity index (χ4n) is 3.19. The fraction of sp³-hybridized carbons (Fsp3) is 0.611. The quantitative estimate of drug-likeness (QED) is 0.878. The van der Waals surface area contributed by atoms with Gasteiger partial charge in [0.25, 0.3) is 0 Å². The van der Waals surface area contributed by atoms with Crippen molar-refractivity contribution in [2.24, 2.45) is 5.92 Å². The first-order chi connectivity index (χ1) is 10.6. The molecule has 0 radical (unpaired) electrons. The molecule has 1 aliphatic heterocycles. The Bertz CT molecular complexity index is 490. The van der Waals surface area contributed by atoms with Crippen LogP contribution in [0.4, 0.5) is 0 Å². The molecule has 1 fully saturated rings. The Hall–Kier alpha value is -1.55. The zero-order valence-electron chi connectivity index (χ0n) is 14.0. The normalized spacial score (nSPS) is 19.8. The molecule has 1 saturated heterocycles. The maximum Gasteiger partial charge on any atom is 0.222 e. The van der Waals surface area contributed by atoms with Gasteiger partial charge >= 0.3 is 0 Å². The summed E-state index contributed by atoms with van der Waals surface area (Å²) in [6.07, 6.45) is 3.74. The first kappa shape index (κ1) is 16.8. The summed E-state index contributed by atoms with van der Waals surface area (Å²) >= 11 is 0. The smallest absolute Gasteiger partial charge is 0.222 e. The molecule has 0 unspecified atom stereocenters. The van der Waals surface area contributed by atoms with Crippen LogP contribution < -0.4 is 10.1 Å². The molecular formula is C18H28N2O2. The number of nitrogens with zero attached hydrogens (tertiary/aromatic N) is 1. The van der Waals surface area contributed by atoms with Gasteiger partial charge in [-0.25, -0.2) is 0 Å². The third-order valence-corrected chi connectivity index (χ3v) is 4.47. The summed E-state index contributed by atoms with van der Waals surface area (Å²) < 4.78 is 5.39. The first-order valence-corrected chi connectivity index (χ1v) is 8.21. The summed E-state index contributed by atoms with van der Waals surface area (Å²) in [6, 6.07) is 8.50. The molecule has 4 heteroatoms. The maximum atomic E-state index is 12.5. The predicted molar refractivity (Wildman–Crippen MR) is 89.1 cm³/mol. The van der Waals surface area contributed by atoms with Crippen LogP contribution in [0.2, 0.25) is 0 Å². The van der Waals surface area contributed by atoms with Crippen LogP contribution in [-0.2, 0) is 11.2 Å². The van der Waals surface area contributed by atoms with Gasteiger partial charge in [-0.15, -0.1) is 0 Å². The number of benzene rings is 1. The van der Waals surface area contributed by atoms with Crippen molar-refractivity contribution >= 4 is 5.91 Å². The summed E-state index contributed by atoms with van der Waals surface area (Å²) in [5.41, 5.74) is 1.18. The number of ether oxygens (including phenoxy) is 1. The van der Waals surface area contributed by atoms with E-state index in [-0.39, 0.29) is 5.91 Å². The highest BCUT2D eigenvalue weighted by Gasteiger charge is 2.23. The maximum absolute atomic E-state index is 12.5. The lowest BCUT2D eigenvalue weighted by Crippen LogP contribution is -2.47. The Labute approximate surface area is 133 Å². The standard InChI is InChI=1S/C18H28N2O2/c1-14(11-15-7-4-5-9-17(15)22-3)12-18(21)20-10-6-8-16(13-20)19-2/h4-5,7,9,14,16,19H,6,8,10-13H2,1-3H3/t14-,16-/m1/s1. The molecule has 0 saturated carbocycles. The number of hydrogen-bond acceptors (Lipinski definition) is 3. The first-order valence-electron chi connectivity index (χ1n) is 8.21. The van der Waals surface area contributed by atoms with Crippen LogP contribution in [0.5, 0.6) is 5.75 Å². The molecule has 2 atom stereocenters. The van der Waals surface area contributed by atoms with E-state index >= 15 is 0 Å². The molecule has 0 bridgehead atoms. The average Bonchev–Trinajstić information content (AvgIpc) is 2.55. The van der Waals surface area contributed by atoms with Crippen LogP contribution in [0.1, 0.15) is 31.7 Å². The molecule has 1 aromatic rings. The van der Waals surface area contributed by atoms with Gasteiger partial charge in [0, 0.05) is 25.6 Å². The monoisotopic (exact) mass is 304 g/mol. The summed E-state index contributed by atoms with van der Waals surface area (Å²) in [5, 5.41) is 3.29. The lowest BCUT2D eigenvalue weighted by atomic mass is 9.96. The van der Waals surface area contributed by atoms with Crippen LogP contribution in [0.15, 0.2) is 24.3 Å². The molecular weight excluding hydrogens is 276 g/mol. The van der Waals surface area contributed by atoms with Gasteiger partial charge in [0.15, 0.2) is 0 Å². The minimum atomic E-state index is 0.280. The molecule has 22 heavy (non-hydrogen) atoms. The van der Waals surface area contributed by atoms with E-state index in [2.05, 4.69) is 18.3 Å². The Morgan fingerprint density at radius 2 is 2.23 bits per heavy atom. The van der Waals surface area contributed by atoms with Crippen molar-refractivity contribution in [1.29, 1.82) is 0 Å². The van der Waals surface area contributed by atoms with Gasteiger partial charge < -0.3 is 15.0 Å². The molecule has 122 valence electrons. The molecule has 4 nitrogen and oxygen atoms in total. The van der Waals surface area contributed by atoms with Crippen LogP contribution in [0.3, 0.4) is 0 Å². The Morgan fingerprint density at radius 3 is 2.95 bits per heavy atom. The van der Waals surface area contributed by atoms with Crippen molar-refractivity contribution in [3.05, 3.63) is 29.8 Å². The number of likely N-dealkylation sites (N-methyl/N-ethyl adjacent to an activating group) is 1. The van der Waals surface area contributed by atoms with E-state index in [0.29, 0.717) is 18.4 Å². The number of nitrogens with one attached hydrogen (secondary N) is 1. The van der Waals surface area contributed by atoms with Crippen molar-refractivity contribution < 1.29 is 9.53 Å². The molecule has 1 aliphatic rings. The molecule has 0 aromatic heterocycles. The van der Waals surface area contributed by atoms with Crippen molar-refractivity contribution in [1.82, 2.24) is 10.2 Å². The fourth-order valence-corrected chi connectivity index (χ4v) is 3.19. The van der Waals surface area contributed by atoms with Gasteiger partial charge in [-0.3, -0.25) is 4.79 Å². The predicted octanol–water partition coefficient (Wildman–Crippen LogP) is 2.47. The molecule has 2 rings (SSSR count). The summed E-state index contributed by atoms with van der Waals surface area (Å²) in [4.78, 5) is 14.5. The Morgan fingerprint density at radius 1 is 1.45 bits per heavy atom. The van der Waals surface area contributed by atoms with E-state index in [9.17, 15) is 4.79 Å². The number of amides is 1. The number of carbonyl (C=O) groups excluding carboxylic acids is 1. The van der Waals surface area contributed by atoms with Gasteiger partial charge in [0.05, 0.1) is 7.11 Å². The molecule has 0 spiro atoms. The summed E-state index contributed by atoms with van der Waals surface area (Å²) in [5.74, 6) is 1.51. The number of likely N-dealkylation sites (tertiary alicyclic amines) is 1. The van der Waals surface area contributed by atoms with E-state index in [1.807, 2.05) is 30.1 Å². The summed E-state index contributed by atoms with van der Waals surface area (Å²) in [6.45, 7) is 3.89. The number of carbonyl (C=O) groups is 1. The number of piperidine rings is 1. The number of rotatable bonds is 6. The van der Waals surface area contributed by atoms with E-state index in [4.69, 9.17) is 4.74 Å². The highest BCUT2D eigenvalue weighted by molar-refractivity contribution is 5.76. The second-order valence-electron chi connectivity index (χ2n) is 6.29. The van der Waals surface area contributed by atoms with Crippen LogP contribution in [0.25, 0.3) is 0 Å². The van der Waals surface area contributed by atoms with Crippen molar-refractivity contribution in [3.63, 3.8) is 0 Å². The van der Waals surface area contributed by atoms with Crippen molar-refractivity contribution in [2.75, 3.05) is 27.2 Å². The largest absolute Gasteiger partial charge is 0.496 e. The number of hydrogen-bond donors (Lipinski definition) is 1. The molecule has 1 amide bonds. The van der Waals surface area contributed by atoms with E-state index < -0.39 is 0 Å². The van der Waals surface area contributed by atoms with Gasteiger partial charge in [-0.2, -0.15) is 0 Å². The zero-order chi connectivity index (χ0) is 15.9. The topological polar surface area (TPSA) is 41.6 Å². The van der Waals surface area contributed by atoms with Gasteiger partial charge in [0.2, 0.25) is 5.91 Å². The van der Waals surface area contributed by atoms with Crippen LogP contribution in [-0.4, -0.2) is 44.1 Å². The van der Waals surface area contributed by atoms with E-state index in [1.165, 1.54) is 5.56 Å². The van der Waals surface area contributed by atoms with Crippen LogP contribution >= 0.6 is 0 Å². The highest BCUT2D eigenvalue weighted by atomic mass is 16.5. The Kier molecular flexibility index (Phi) is 6.25. The molecule has 1 heterocycles.